The van der Waals surface area contributed by atoms with Crippen LogP contribution in [0.3, 0.4) is 0 Å². The fourth-order valence-electron chi connectivity index (χ4n) is 2.44. The number of morpholine rings is 1. The second kappa shape index (κ2) is 10.8. The first kappa shape index (κ1) is 20.1. The fourth-order valence-corrected chi connectivity index (χ4v) is 2.44. The Hall–Kier alpha value is -0.930. The van der Waals surface area contributed by atoms with Crippen molar-refractivity contribution >= 4 is 29.9 Å². The normalized spacial score (nSPS) is 19.1. The van der Waals surface area contributed by atoms with E-state index in [2.05, 4.69) is 27.6 Å². The van der Waals surface area contributed by atoms with Gasteiger partial charge in [0.15, 0.2) is 5.96 Å². The number of halogens is 2. The van der Waals surface area contributed by atoms with Crippen LogP contribution < -0.4 is 10.6 Å². The largest absolute Gasteiger partial charge is 0.374 e. The van der Waals surface area contributed by atoms with Crippen LogP contribution in [0.2, 0.25) is 0 Å². The van der Waals surface area contributed by atoms with E-state index in [9.17, 15) is 4.39 Å². The topological polar surface area (TPSA) is 48.9 Å². The van der Waals surface area contributed by atoms with Gasteiger partial charge in [-0.1, -0.05) is 18.2 Å². The van der Waals surface area contributed by atoms with Crippen molar-refractivity contribution in [1.82, 2.24) is 15.5 Å². The molecule has 1 heterocycles. The van der Waals surface area contributed by atoms with Crippen molar-refractivity contribution in [2.45, 2.75) is 12.5 Å². The predicted octanol–water partition coefficient (Wildman–Crippen LogP) is 1.48. The monoisotopic (exact) mass is 436 g/mol. The number of ether oxygens (including phenoxy) is 1. The highest BCUT2D eigenvalue weighted by molar-refractivity contribution is 14.0. The van der Waals surface area contributed by atoms with Gasteiger partial charge in [-0.25, -0.2) is 4.39 Å². The van der Waals surface area contributed by atoms with E-state index in [0.717, 1.165) is 19.7 Å². The standard InChI is InChI=1S/C16H25FN4O.HI/c1-18-16(20-11-14-12-21(2)9-10-22-14)19-8-7-13-5-3-4-6-15(13)17;/h3-6,14H,7-12H2,1-2H3,(H2,18,19,20);1H. The van der Waals surface area contributed by atoms with Crippen LogP contribution in [0.25, 0.3) is 0 Å². The molecule has 1 saturated heterocycles. The lowest BCUT2D eigenvalue weighted by Crippen LogP contribution is -2.48. The smallest absolute Gasteiger partial charge is 0.191 e. The number of rotatable bonds is 5. The lowest BCUT2D eigenvalue weighted by molar-refractivity contribution is -0.0161. The zero-order chi connectivity index (χ0) is 15.8. The van der Waals surface area contributed by atoms with Crippen LogP contribution in [-0.4, -0.2) is 63.8 Å². The molecule has 0 radical (unpaired) electrons. The van der Waals surface area contributed by atoms with Crippen molar-refractivity contribution in [3.05, 3.63) is 35.6 Å². The van der Waals surface area contributed by atoms with Crippen LogP contribution in [0.15, 0.2) is 29.3 Å². The number of nitrogens with one attached hydrogen (secondary N) is 2. The highest BCUT2D eigenvalue weighted by Crippen LogP contribution is 2.06. The van der Waals surface area contributed by atoms with Gasteiger partial charge in [0.05, 0.1) is 12.7 Å². The molecule has 1 aliphatic rings. The Bertz CT molecular complexity index is 501. The van der Waals surface area contributed by atoms with Gasteiger partial charge >= 0.3 is 0 Å². The van der Waals surface area contributed by atoms with E-state index < -0.39 is 0 Å². The zero-order valence-electron chi connectivity index (χ0n) is 13.7. The van der Waals surface area contributed by atoms with Crippen molar-refractivity contribution in [3.8, 4) is 0 Å². The lowest BCUT2D eigenvalue weighted by Gasteiger charge is -2.30. The van der Waals surface area contributed by atoms with Gasteiger partial charge in [0.1, 0.15) is 5.82 Å². The van der Waals surface area contributed by atoms with Gasteiger partial charge < -0.3 is 20.3 Å². The van der Waals surface area contributed by atoms with E-state index >= 15 is 0 Å². The summed E-state index contributed by atoms with van der Waals surface area (Å²) in [6.45, 7) is 4.00. The summed E-state index contributed by atoms with van der Waals surface area (Å²) in [5, 5.41) is 6.45. The zero-order valence-corrected chi connectivity index (χ0v) is 16.0. The number of hydrogen-bond acceptors (Lipinski definition) is 3. The van der Waals surface area contributed by atoms with Crippen molar-refractivity contribution < 1.29 is 9.13 Å². The first-order chi connectivity index (χ1) is 10.7. The third-order valence-electron chi connectivity index (χ3n) is 3.71. The van der Waals surface area contributed by atoms with Crippen LogP contribution >= 0.6 is 24.0 Å². The average molecular weight is 436 g/mol. The first-order valence-corrected chi connectivity index (χ1v) is 7.67. The summed E-state index contributed by atoms with van der Waals surface area (Å²) in [5.41, 5.74) is 0.711. The molecule has 2 N–H and O–H groups in total. The highest BCUT2D eigenvalue weighted by atomic mass is 127. The molecule has 1 aromatic rings. The van der Waals surface area contributed by atoms with Crippen LogP contribution in [0, 0.1) is 5.82 Å². The predicted molar refractivity (Wildman–Crippen MR) is 102 cm³/mol. The quantitative estimate of drug-likeness (QED) is 0.417. The summed E-state index contributed by atoms with van der Waals surface area (Å²) in [7, 11) is 3.82. The Morgan fingerprint density at radius 3 is 2.87 bits per heavy atom. The molecule has 1 fully saturated rings. The number of nitrogens with zero attached hydrogens (tertiary/aromatic N) is 2. The molecule has 1 unspecified atom stereocenters. The molecular formula is C16H26FIN4O. The Kier molecular flexibility index (Phi) is 9.42. The Labute approximate surface area is 154 Å². The van der Waals surface area contributed by atoms with E-state index in [-0.39, 0.29) is 35.9 Å². The summed E-state index contributed by atoms with van der Waals surface area (Å²) in [4.78, 5) is 6.43. The van der Waals surface area contributed by atoms with E-state index in [4.69, 9.17) is 4.74 Å². The van der Waals surface area contributed by atoms with Gasteiger partial charge in [-0.2, -0.15) is 0 Å². The van der Waals surface area contributed by atoms with Crippen LogP contribution in [-0.2, 0) is 11.2 Å². The molecule has 130 valence electrons. The summed E-state index contributed by atoms with van der Waals surface area (Å²) >= 11 is 0. The Balaban J connectivity index is 0.00000264. The summed E-state index contributed by atoms with van der Waals surface area (Å²) < 4.78 is 19.2. The van der Waals surface area contributed by atoms with E-state index in [1.54, 1.807) is 19.2 Å². The Morgan fingerprint density at radius 1 is 1.39 bits per heavy atom. The van der Waals surface area contributed by atoms with Crippen molar-refractivity contribution in [2.24, 2.45) is 4.99 Å². The van der Waals surface area contributed by atoms with Crippen molar-refractivity contribution in [3.63, 3.8) is 0 Å². The molecular weight excluding hydrogens is 410 g/mol. The number of benzene rings is 1. The molecule has 1 aliphatic heterocycles. The van der Waals surface area contributed by atoms with Crippen molar-refractivity contribution in [1.29, 1.82) is 0 Å². The molecule has 0 bridgehead atoms. The van der Waals surface area contributed by atoms with E-state index in [1.165, 1.54) is 6.07 Å². The maximum atomic E-state index is 13.5. The highest BCUT2D eigenvalue weighted by Gasteiger charge is 2.17. The molecule has 0 aliphatic carbocycles. The Morgan fingerprint density at radius 2 is 2.17 bits per heavy atom. The maximum Gasteiger partial charge on any atom is 0.191 e. The summed E-state index contributed by atoms with van der Waals surface area (Å²) in [6.07, 6.45) is 0.791. The SMILES string of the molecule is CN=C(NCCc1ccccc1F)NCC1CN(C)CCO1.I. The van der Waals surface area contributed by atoms with Gasteiger partial charge in [-0.3, -0.25) is 4.99 Å². The lowest BCUT2D eigenvalue weighted by atomic mass is 10.1. The number of hydrogen-bond donors (Lipinski definition) is 2. The van der Waals surface area contributed by atoms with Crippen LogP contribution in [0.5, 0.6) is 0 Å². The van der Waals surface area contributed by atoms with Gasteiger partial charge in [-0.05, 0) is 25.1 Å². The molecule has 0 saturated carbocycles. The fraction of sp³-hybridized carbons (Fsp3) is 0.562. The second-order valence-corrected chi connectivity index (χ2v) is 5.48. The summed E-state index contributed by atoms with van der Waals surface area (Å²) in [6, 6.07) is 6.84. The minimum Gasteiger partial charge on any atom is -0.374 e. The number of aliphatic imine (C=N–C) groups is 1. The minimum absolute atomic E-state index is 0. The average Bonchev–Trinajstić information content (AvgIpc) is 2.52. The molecule has 2 rings (SSSR count). The second-order valence-electron chi connectivity index (χ2n) is 5.48. The number of likely N-dealkylation sites (N-methyl/N-ethyl adjacent to an activating group) is 1. The summed E-state index contributed by atoms with van der Waals surface area (Å²) in [5.74, 6) is 0.555. The van der Waals surface area contributed by atoms with E-state index in [1.807, 2.05) is 6.07 Å². The van der Waals surface area contributed by atoms with Gasteiger partial charge in [0.25, 0.3) is 0 Å². The molecule has 0 spiro atoms. The van der Waals surface area contributed by atoms with E-state index in [0.29, 0.717) is 31.0 Å². The molecule has 0 aromatic heterocycles. The first-order valence-electron chi connectivity index (χ1n) is 7.67. The number of guanidine groups is 1. The molecule has 1 atom stereocenters. The maximum absolute atomic E-state index is 13.5. The molecule has 0 amide bonds. The third-order valence-corrected chi connectivity index (χ3v) is 3.71. The van der Waals surface area contributed by atoms with Crippen LogP contribution in [0.1, 0.15) is 5.56 Å². The van der Waals surface area contributed by atoms with Crippen molar-refractivity contribution in [2.75, 3.05) is 46.9 Å². The third kappa shape index (κ3) is 7.01. The van der Waals surface area contributed by atoms with Gasteiger partial charge in [0, 0.05) is 33.2 Å². The molecule has 7 heteroatoms. The van der Waals surface area contributed by atoms with Gasteiger partial charge in [-0.15, -0.1) is 24.0 Å². The minimum atomic E-state index is -0.161. The van der Waals surface area contributed by atoms with Gasteiger partial charge in [0.2, 0.25) is 0 Å². The van der Waals surface area contributed by atoms with Crippen LogP contribution in [0.4, 0.5) is 4.39 Å². The molecule has 23 heavy (non-hydrogen) atoms. The molecule has 5 nitrogen and oxygen atoms in total. The molecule has 1 aromatic carbocycles.